The molecule has 1 fully saturated rings. The van der Waals surface area contributed by atoms with Gasteiger partial charge in [0.05, 0.1) is 43.4 Å². The Labute approximate surface area is 337 Å². The molecular formula is C32H44N9O15P3. The summed E-state index contributed by atoms with van der Waals surface area (Å²) < 4.78 is 72.1. The Kier molecular flexibility index (Phi) is 17.8. The second-order valence-corrected chi connectivity index (χ2v) is 17.6. The van der Waals surface area contributed by atoms with E-state index in [-0.39, 0.29) is 44.7 Å². The monoisotopic (exact) mass is 887 g/mol. The number of benzene rings is 1. The lowest BCUT2D eigenvalue weighted by Crippen LogP contribution is -2.29. The number of carbonyl (C=O) groups is 2. The van der Waals surface area contributed by atoms with Gasteiger partial charge in [0.1, 0.15) is 43.0 Å². The van der Waals surface area contributed by atoms with Crippen LogP contribution in [0.25, 0.3) is 21.5 Å². The Morgan fingerprint density at radius 2 is 1.95 bits per heavy atom. The van der Waals surface area contributed by atoms with Gasteiger partial charge >= 0.3 is 23.2 Å². The van der Waals surface area contributed by atoms with Crippen molar-refractivity contribution in [3.63, 3.8) is 0 Å². The molecule has 27 heteroatoms. The summed E-state index contributed by atoms with van der Waals surface area (Å²) in [6.07, 6.45) is 2.86. The van der Waals surface area contributed by atoms with Gasteiger partial charge in [0, 0.05) is 29.9 Å². The summed E-state index contributed by atoms with van der Waals surface area (Å²) in [5.41, 5.74) is 16.2. The van der Waals surface area contributed by atoms with E-state index in [1.807, 2.05) is 6.92 Å². The zero-order valence-electron chi connectivity index (χ0n) is 31.8. The largest absolute Gasteiger partial charge is 0.491 e. The van der Waals surface area contributed by atoms with Gasteiger partial charge in [-0.2, -0.15) is 4.31 Å². The molecule has 2 amide bonds. The highest BCUT2D eigenvalue weighted by Crippen LogP contribution is 2.66. The highest BCUT2D eigenvalue weighted by Gasteiger charge is 2.40. The fourth-order valence-electron chi connectivity index (χ4n) is 5.26. The molecule has 1 saturated heterocycles. The first-order chi connectivity index (χ1) is 28.0. The number of nitrogen functional groups attached to an aromatic ring is 1. The van der Waals surface area contributed by atoms with Crippen LogP contribution in [0.1, 0.15) is 54.8 Å². The number of unbranched alkanes of at least 4 members (excludes halogenated alkanes) is 1. The lowest BCUT2D eigenvalue weighted by Gasteiger charge is -2.19. The predicted octanol–water partition coefficient (Wildman–Crippen LogP) is 3.50. The maximum Gasteiger partial charge on any atom is 0.488 e. The number of ether oxygens (including phenoxy) is 4. The minimum absolute atomic E-state index is 0.0144. The Morgan fingerprint density at radius 3 is 2.69 bits per heavy atom. The lowest BCUT2D eigenvalue weighted by atomic mass is 10.2. The number of hydrogen-bond acceptors (Lipinski definition) is 16. The van der Waals surface area contributed by atoms with Crippen molar-refractivity contribution in [2.45, 2.75) is 51.2 Å². The number of anilines is 1. The number of nitrogens with zero attached hydrogens (tertiary/aromatic N) is 6. The van der Waals surface area contributed by atoms with Crippen LogP contribution in [-0.4, -0.2) is 106 Å². The number of fused-ring (bicyclic) bond motifs is 1. The minimum Gasteiger partial charge on any atom is -0.491 e. The van der Waals surface area contributed by atoms with E-state index in [1.54, 1.807) is 35.0 Å². The molecule has 4 unspecified atom stereocenters. The standard InChI is InChI=1S/C32H44N9O15P3/c1-3-4-12-36-32(43)22-7-5-9-24(16-22)52-20-27(39-40-34)51-15-14-50-19-26(42)35-13-6-8-23-17-41(31-29(23)30(33)37-21-38-31)28-11-10-25(54-28)18-53-58(46,47)56-59(48,49)55-57(2,44)45/h5,7,9,16-17,21,25,27-28H,3-4,10-15,18-20H2,1-2H3,(H,35,42)(H,36,43)(H,44,45)(H,46,47)(H,48,49)(H2,33,37,38)/t25-,27?,28+/m0/s1. The first-order valence-electron chi connectivity index (χ1n) is 17.8. The van der Waals surface area contributed by atoms with Crippen molar-refractivity contribution in [2.75, 3.05) is 58.5 Å². The van der Waals surface area contributed by atoms with Gasteiger partial charge in [0.15, 0.2) is 6.23 Å². The number of phosphoric acid groups is 2. The lowest BCUT2D eigenvalue weighted by molar-refractivity contribution is -0.126. The Morgan fingerprint density at radius 1 is 1.15 bits per heavy atom. The molecule has 4 rings (SSSR count). The van der Waals surface area contributed by atoms with Gasteiger partial charge in [0.2, 0.25) is 5.91 Å². The molecule has 59 heavy (non-hydrogen) atoms. The van der Waals surface area contributed by atoms with Crippen LogP contribution in [0.5, 0.6) is 5.75 Å². The van der Waals surface area contributed by atoms with Gasteiger partial charge < -0.3 is 54.6 Å². The third-order valence-corrected chi connectivity index (χ3v) is 11.9. The van der Waals surface area contributed by atoms with Gasteiger partial charge in [-0.05, 0) is 43.0 Å². The summed E-state index contributed by atoms with van der Waals surface area (Å²) in [5, 5.41) is 9.39. The normalized spacial score (nSPS) is 18.6. The van der Waals surface area contributed by atoms with E-state index in [4.69, 9.17) is 39.6 Å². The average Bonchev–Trinajstić information content (AvgIpc) is 3.79. The predicted molar refractivity (Wildman–Crippen MR) is 207 cm³/mol. The van der Waals surface area contributed by atoms with Gasteiger partial charge in [-0.15, -0.1) is 0 Å². The molecule has 0 aliphatic carbocycles. The molecule has 0 radical (unpaired) electrons. The maximum atomic E-state index is 12.4. The summed E-state index contributed by atoms with van der Waals surface area (Å²) in [6.45, 7) is 2.04. The zero-order chi connectivity index (χ0) is 43.1. The second kappa shape index (κ2) is 22.3. The number of phosphoric ester groups is 1. The highest BCUT2D eigenvalue weighted by atomic mass is 31.3. The van der Waals surface area contributed by atoms with Crippen molar-refractivity contribution in [2.24, 2.45) is 5.11 Å². The number of amides is 2. The van der Waals surface area contributed by atoms with Crippen LogP contribution < -0.4 is 21.1 Å². The van der Waals surface area contributed by atoms with Gasteiger partial charge in [-0.25, -0.2) is 23.4 Å². The zero-order valence-corrected chi connectivity index (χ0v) is 34.5. The van der Waals surface area contributed by atoms with Crippen molar-refractivity contribution in [3.05, 3.63) is 58.4 Å². The Bertz CT molecular complexity index is 2190. The molecule has 2 aromatic heterocycles. The number of azide groups is 1. The molecule has 0 saturated carbocycles. The van der Waals surface area contributed by atoms with Crippen LogP contribution in [-0.2, 0) is 45.8 Å². The summed E-state index contributed by atoms with van der Waals surface area (Å²) >= 11 is 0. The molecule has 322 valence electrons. The van der Waals surface area contributed by atoms with Gasteiger partial charge in [-0.3, -0.25) is 18.7 Å². The third-order valence-electron chi connectivity index (χ3n) is 7.77. The molecule has 3 heterocycles. The van der Waals surface area contributed by atoms with E-state index in [9.17, 15) is 33.1 Å². The topological polar surface area (TPSA) is 340 Å². The summed E-state index contributed by atoms with van der Waals surface area (Å²) in [6, 6.07) is 6.54. The number of carbonyl (C=O) groups excluding carboxylic acids is 2. The number of hydrogen-bond donors (Lipinski definition) is 6. The number of nitrogens with two attached hydrogens (primary N) is 1. The highest BCUT2D eigenvalue weighted by molar-refractivity contribution is 7.68. The van der Waals surface area contributed by atoms with Crippen molar-refractivity contribution < 1.29 is 70.1 Å². The van der Waals surface area contributed by atoms with E-state index in [0.717, 1.165) is 12.8 Å². The van der Waals surface area contributed by atoms with E-state index >= 15 is 0 Å². The first-order valence-corrected chi connectivity index (χ1v) is 22.8. The Balaban J connectivity index is 1.21. The van der Waals surface area contributed by atoms with Crippen LogP contribution in [0.4, 0.5) is 5.82 Å². The smallest absolute Gasteiger partial charge is 0.488 e. The second-order valence-electron chi connectivity index (χ2n) is 12.5. The van der Waals surface area contributed by atoms with Crippen LogP contribution >= 0.6 is 23.2 Å². The molecule has 1 aliphatic rings. The van der Waals surface area contributed by atoms with Crippen molar-refractivity contribution in [3.8, 4) is 17.6 Å². The van der Waals surface area contributed by atoms with Crippen LogP contribution in [0.3, 0.4) is 0 Å². The maximum absolute atomic E-state index is 12.4. The molecule has 0 spiro atoms. The molecule has 6 atom stereocenters. The molecule has 0 bridgehead atoms. The van der Waals surface area contributed by atoms with Gasteiger partial charge in [0.25, 0.3) is 5.91 Å². The van der Waals surface area contributed by atoms with Crippen molar-refractivity contribution in [1.29, 1.82) is 0 Å². The fraction of sp³-hybridized carbons (Fsp3) is 0.500. The summed E-state index contributed by atoms with van der Waals surface area (Å²) in [7, 11) is -15.2. The molecule has 24 nitrogen and oxygen atoms in total. The minimum atomic E-state index is -5.42. The molecule has 7 N–H and O–H groups in total. The quantitative estimate of drug-likeness (QED) is 0.0198. The number of aromatic nitrogens is 3. The van der Waals surface area contributed by atoms with Crippen LogP contribution in [0.2, 0.25) is 0 Å². The molecular weight excluding hydrogens is 843 g/mol. The van der Waals surface area contributed by atoms with E-state index in [1.165, 1.54) is 6.33 Å². The van der Waals surface area contributed by atoms with E-state index in [2.05, 4.69) is 51.1 Å². The average molecular weight is 888 g/mol. The Hall–Kier alpha value is -4.42. The van der Waals surface area contributed by atoms with E-state index in [0.29, 0.717) is 54.0 Å². The number of nitrogens with one attached hydrogen (secondary N) is 2. The fourth-order valence-corrected chi connectivity index (χ4v) is 8.77. The van der Waals surface area contributed by atoms with Gasteiger partial charge in [-0.1, -0.05) is 36.4 Å². The number of rotatable bonds is 23. The summed E-state index contributed by atoms with van der Waals surface area (Å²) in [5.74, 6) is 5.54. The first kappa shape index (κ1) is 47.3. The van der Waals surface area contributed by atoms with Crippen molar-refractivity contribution >= 4 is 51.9 Å². The molecule has 3 aromatic rings. The van der Waals surface area contributed by atoms with E-state index < -0.39 is 54.3 Å². The van der Waals surface area contributed by atoms with Crippen molar-refractivity contribution in [1.82, 2.24) is 25.2 Å². The third kappa shape index (κ3) is 15.9. The van der Waals surface area contributed by atoms with Crippen LogP contribution in [0, 0.1) is 11.8 Å². The SMILES string of the molecule is CCCCNC(=O)c1cccc(OCC(N=[N+]=[N-])OCCOCC(=O)NCC#Cc2cn([C@H]3CC[C@@H](COP(=O)(O)OP(=O)(O)OP(C)(=O)O)O3)c3ncnc(N)c23)c1. The molecule has 1 aromatic carbocycles. The van der Waals surface area contributed by atoms with Crippen LogP contribution in [0.15, 0.2) is 41.9 Å². The molecule has 1 aliphatic heterocycles. The summed E-state index contributed by atoms with van der Waals surface area (Å²) in [4.78, 5) is 64.2.